The second-order valence-electron chi connectivity index (χ2n) is 17.4. The van der Waals surface area contributed by atoms with Crippen LogP contribution in [0.1, 0.15) is 58.2 Å². The Balaban J connectivity index is 1.39. The Hall–Kier alpha value is -9.44. The van der Waals surface area contributed by atoms with Crippen molar-refractivity contribution in [3.8, 4) is 74.6 Å². The summed E-state index contributed by atoms with van der Waals surface area (Å²) >= 11 is 0. The molecule has 1 aromatic heterocycles. The highest BCUT2D eigenvalue weighted by Gasteiger charge is 2.25. The smallest absolute Gasteiger partial charge is 0.336 e. The topological polar surface area (TPSA) is 205 Å². The number of fused-ring (bicyclic) bond motifs is 1. The van der Waals surface area contributed by atoms with E-state index in [9.17, 15) is 29.4 Å². The van der Waals surface area contributed by atoms with Crippen molar-refractivity contribution in [2.75, 3.05) is 41.2 Å². The van der Waals surface area contributed by atoms with Gasteiger partial charge in [0.25, 0.3) is 0 Å². The van der Waals surface area contributed by atoms with E-state index in [1.165, 1.54) is 51.7 Å². The summed E-state index contributed by atoms with van der Waals surface area (Å²) in [5.74, 6) is -3.09. The summed E-state index contributed by atoms with van der Waals surface area (Å²) in [6.07, 6.45) is 13.4. The molecule has 0 atom stereocenters. The molecular formula is C60H58O16. The number of benzene rings is 5. The monoisotopic (exact) mass is 1030 g/mol. The Labute approximate surface area is 439 Å². The van der Waals surface area contributed by atoms with Crippen molar-refractivity contribution < 1.29 is 71.6 Å². The Morgan fingerprint density at radius 1 is 0.487 bits per heavy atom. The summed E-state index contributed by atoms with van der Waals surface area (Å²) in [4.78, 5) is 55.6. The number of esters is 3. The van der Waals surface area contributed by atoms with Gasteiger partial charge in [0.15, 0.2) is 51.8 Å². The molecule has 0 amide bonds. The Morgan fingerprint density at radius 2 is 0.921 bits per heavy atom. The average molecular weight is 1040 g/mol. The van der Waals surface area contributed by atoms with Crippen LogP contribution in [0.15, 0.2) is 147 Å². The zero-order valence-electron chi connectivity index (χ0n) is 43.5. The van der Waals surface area contributed by atoms with Crippen molar-refractivity contribution in [3.05, 3.63) is 165 Å². The van der Waals surface area contributed by atoms with Gasteiger partial charge >= 0.3 is 17.9 Å². The van der Waals surface area contributed by atoms with Crippen LogP contribution in [0.5, 0.6) is 63.2 Å². The number of hydrogen-bond donors (Lipinski definition) is 2. The number of carbonyl (C=O) groups is 3. The number of ether oxygens (including phenoxy) is 9. The van der Waals surface area contributed by atoms with Gasteiger partial charge < -0.3 is 57.3 Å². The van der Waals surface area contributed by atoms with Crippen molar-refractivity contribution in [2.24, 2.45) is 0 Å². The summed E-state index contributed by atoms with van der Waals surface area (Å²) in [5.41, 5.74) is 3.51. The Morgan fingerprint density at radius 3 is 1.34 bits per heavy atom. The van der Waals surface area contributed by atoms with Crippen LogP contribution in [0.3, 0.4) is 0 Å². The molecule has 0 saturated carbocycles. The summed E-state index contributed by atoms with van der Waals surface area (Å²) in [5, 5.41) is 20.3. The highest BCUT2D eigenvalue weighted by atomic mass is 16.6. The molecule has 0 unspecified atom stereocenters. The van der Waals surface area contributed by atoms with Gasteiger partial charge in [-0.1, -0.05) is 34.9 Å². The molecule has 0 aliphatic heterocycles. The molecule has 0 aliphatic rings. The zero-order chi connectivity index (χ0) is 54.9. The van der Waals surface area contributed by atoms with Crippen molar-refractivity contribution in [3.63, 3.8) is 0 Å². The molecule has 0 aliphatic carbocycles. The largest absolute Gasteiger partial charge is 0.504 e. The van der Waals surface area contributed by atoms with Crippen LogP contribution in [-0.4, -0.2) is 69.3 Å². The molecule has 16 nitrogen and oxygen atoms in total. The quantitative estimate of drug-likeness (QED) is 0.0213. The summed E-state index contributed by atoms with van der Waals surface area (Å²) in [7, 11) is 4.44. The lowest BCUT2D eigenvalue weighted by Crippen LogP contribution is -2.16. The van der Waals surface area contributed by atoms with E-state index in [-0.39, 0.29) is 22.7 Å². The van der Waals surface area contributed by atoms with Gasteiger partial charge in [-0.05, 0) is 149 Å². The number of phenolic OH excluding ortho intramolecular Hbond substituents is 2. The molecule has 16 heteroatoms. The lowest BCUT2D eigenvalue weighted by molar-refractivity contribution is -0.130. The van der Waals surface area contributed by atoms with Crippen molar-refractivity contribution in [2.45, 2.75) is 41.5 Å². The zero-order valence-corrected chi connectivity index (χ0v) is 43.5. The second-order valence-corrected chi connectivity index (χ2v) is 17.4. The molecule has 394 valence electrons. The van der Waals surface area contributed by atoms with Crippen LogP contribution in [0.4, 0.5) is 0 Å². The molecule has 2 N–H and O–H groups in total. The SMILES string of the molecule is COc1cc(C=CC(=O)Oc2cc(OC(=O)C=Cc3ccc(OCC=C(C)C)c(OC)c3)c3c(=O)c(OC(=O)C=Cc4ccc(OCC=C(C)C)c(OC)c4)c(-c4ccc(O)c(O)c4)oc3c2)ccc1OCC=C(C)C. The Bertz CT molecular complexity index is 3360. The molecule has 1 heterocycles. The van der Waals surface area contributed by atoms with Gasteiger partial charge in [-0.3, -0.25) is 4.79 Å². The number of phenols is 2. The molecule has 76 heavy (non-hydrogen) atoms. The van der Waals surface area contributed by atoms with Gasteiger partial charge in [0.05, 0.1) is 21.3 Å². The fourth-order valence-corrected chi connectivity index (χ4v) is 6.87. The molecule has 0 radical (unpaired) electrons. The van der Waals surface area contributed by atoms with Gasteiger partial charge in [0.1, 0.15) is 42.3 Å². The first-order valence-corrected chi connectivity index (χ1v) is 23.6. The third-order valence-electron chi connectivity index (χ3n) is 10.8. The maximum atomic E-state index is 14.8. The number of allylic oxidation sites excluding steroid dienone is 3. The number of hydrogen-bond acceptors (Lipinski definition) is 16. The lowest BCUT2D eigenvalue weighted by atomic mass is 10.1. The van der Waals surface area contributed by atoms with E-state index in [0.29, 0.717) is 71.0 Å². The molecule has 0 saturated heterocycles. The number of methoxy groups -OCH3 is 3. The van der Waals surface area contributed by atoms with Gasteiger partial charge in [-0.15, -0.1) is 0 Å². The molecule has 6 aromatic rings. The van der Waals surface area contributed by atoms with E-state index >= 15 is 0 Å². The normalized spacial score (nSPS) is 11.0. The fourth-order valence-electron chi connectivity index (χ4n) is 6.87. The van der Waals surface area contributed by atoms with Crippen LogP contribution < -0.4 is 48.1 Å². The molecule has 0 fully saturated rings. The van der Waals surface area contributed by atoms with Gasteiger partial charge in [-0.25, -0.2) is 14.4 Å². The predicted octanol–water partition coefficient (Wildman–Crippen LogP) is 11.8. The van der Waals surface area contributed by atoms with Crippen LogP contribution in [0, 0.1) is 0 Å². The number of rotatable bonds is 22. The van der Waals surface area contributed by atoms with Crippen LogP contribution in [0.2, 0.25) is 0 Å². The van der Waals surface area contributed by atoms with E-state index in [1.807, 2.05) is 59.8 Å². The first-order valence-electron chi connectivity index (χ1n) is 23.6. The minimum absolute atomic E-state index is 0.0195. The predicted molar refractivity (Wildman–Crippen MR) is 289 cm³/mol. The number of aromatic hydroxyl groups is 2. The average Bonchev–Trinajstić information content (AvgIpc) is 3.40. The Kier molecular flexibility index (Phi) is 19.5. The van der Waals surface area contributed by atoms with Crippen molar-refractivity contribution in [1.29, 1.82) is 0 Å². The van der Waals surface area contributed by atoms with Crippen LogP contribution in [-0.2, 0) is 14.4 Å². The molecule has 0 spiro atoms. The van der Waals surface area contributed by atoms with Gasteiger partial charge in [0.2, 0.25) is 11.2 Å². The van der Waals surface area contributed by atoms with E-state index < -0.39 is 51.7 Å². The molecule has 5 aromatic carbocycles. The first-order chi connectivity index (χ1) is 36.4. The van der Waals surface area contributed by atoms with E-state index in [2.05, 4.69) is 0 Å². The van der Waals surface area contributed by atoms with Gasteiger partial charge in [-0.2, -0.15) is 0 Å². The summed E-state index contributed by atoms with van der Waals surface area (Å²) in [6.45, 7) is 12.7. The minimum Gasteiger partial charge on any atom is -0.504 e. The maximum Gasteiger partial charge on any atom is 0.336 e. The third-order valence-corrected chi connectivity index (χ3v) is 10.8. The molecule has 6 rings (SSSR count). The van der Waals surface area contributed by atoms with E-state index in [0.717, 1.165) is 53.1 Å². The highest BCUT2D eigenvalue weighted by molar-refractivity contribution is 5.97. The second kappa shape index (κ2) is 26.5. The van der Waals surface area contributed by atoms with Crippen molar-refractivity contribution in [1.82, 2.24) is 0 Å². The third kappa shape index (κ3) is 15.5. The fraction of sp³-hybridized carbons (Fsp3) is 0.200. The van der Waals surface area contributed by atoms with Crippen molar-refractivity contribution >= 4 is 47.1 Å². The summed E-state index contributed by atoms with van der Waals surface area (Å²) < 4.78 is 57.4. The maximum absolute atomic E-state index is 14.8. The van der Waals surface area contributed by atoms with Crippen LogP contribution >= 0.6 is 0 Å². The van der Waals surface area contributed by atoms with Gasteiger partial charge in [0, 0.05) is 35.9 Å². The number of carbonyl (C=O) groups excluding carboxylic acids is 3. The minimum atomic E-state index is -1.04. The van der Waals surface area contributed by atoms with Crippen LogP contribution in [0.25, 0.3) is 40.5 Å². The first kappa shape index (κ1) is 55.9. The van der Waals surface area contributed by atoms with E-state index in [1.54, 1.807) is 54.6 Å². The van der Waals surface area contributed by atoms with E-state index in [4.69, 9.17) is 47.0 Å². The molecule has 0 bridgehead atoms. The highest BCUT2D eigenvalue weighted by Crippen LogP contribution is 2.40. The molecular weight excluding hydrogens is 977 g/mol. The summed E-state index contributed by atoms with van der Waals surface area (Å²) in [6, 6.07) is 20.9. The lowest BCUT2D eigenvalue weighted by Gasteiger charge is -2.14. The standard InChI is InChI=1S/C60H58O16/c1-36(2)24-27-70-46-18-10-39(30-49(46)67-7)13-21-54(63)73-43-34-52(74-55(64)22-14-40-11-19-47(50(31-40)68-8)71-28-25-37(3)4)57-53(35-43)75-59(42-16-17-44(61)45(62)33-42)60(58(57)66)76-56(65)23-15-41-12-20-48(51(32-41)69-9)72-29-26-38(5)6/h10-26,30-35,61-62H,27-29H2,1-9H3.